The first-order valence-corrected chi connectivity index (χ1v) is 5.66. The SMILES string of the molecule is C[N+]1(Cc2ccccc2)CCCCC1.[I-]. The van der Waals surface area contributed by atoms with Crippen LogP contribution in [0.1, 0.15) is 24.8 Å². The molecule has 1 aliphatic rings. The smallest absolute Gasteiger partial charge is 0.104 e. The van der Waals surface area contributed by atoms with Crippen LogP contribution in [-0.2, 0) is 6.54 Å². The molecule has 1 fully saturated rings. The van der Waals surface area contributed by atoms with Gasteiger partial charge in [0, 0.05) is 5.56 Å². The molecule has 1 heterocycles. The van der Waals surface area contributed by atoms with E-state index in [0.29, 0.717) is 0 Å². The van der Waals surface area contributed by atoms with Gasteiger partial charge < -0.3 is 28.5 Å². The second-order valence-electron chi connectivity index (χ2n) is 4.77. The Hall–Kier alpha value is -0.0900. The van der Waals surface area contributed by atoms with Gasteiger partial charge in [-0.1, -0.05) is 30.3 Å². The molecule has 0 amide bonds. The van der Waals surface area contributed by atoms with Gasteiger partial charge in [0.25, 0.3) is 0 Å². The first-order chi connectivity index (χ1) is 6.79. The summed E-state index contributed by atoms with van der Waals surface area (Å²) in [7, 11) is 2.40. The van der Waals surface area contributed by atoms with Crippen molar-refractivity contribution in [3.63, 3.8) is 0 Å². The van der Waals surface area contributed by atoms with Crippen molar-refractivity contribution >= 4 is 0 Å². The van der Waals surface area contributed by atoms with Crippen LogP contribution in [0.15, 0.2) is 30.3 Å². The molecule has 1 aromatic carbocycles. The number of quaternary nitrogens is 1. The van der Waals surface area contributed by atoms with Gasteiger partial charge in [-0.25, -0.2) is 0 Å². The number of likely N-dealkylation sites (tertiary alicyclic amines) is 1. The Bertz CT molecular complexity index is 278. The molecule has 0 unspecified atom stereocenters. The highest BCUT2D eigenvalue weighted by molar-refractivity contribution is 5.13. The van der Waals surface area contributed by atoms with Gasteiger partial charge in [0.1, 0.15) is 6.54 Å². The number of nitrogens with zero attached hydrogens (tertiary/aromatic N) is 1. The van der Waals surface area contributed by atoms with Crippen molar-refractivity contribution in [1.29, 1.82) is 0 Å². The van der Waals surface area contributed by atoms with Gasteiger partial charge >= 0.3 is 0 Å². The van der Waals surface area contributed by atoms with Crippen LogP contribution in [0.3, 0.4) is 0 Å². The van der Waals surface area contributed by atoms with E-state index in [-0.39, 0.29) is 24.0 Å². The quantitative estimate of drug-likeness (QED) is 0.524. The third-order valence-electron chi connectivity index (χ3n) is 3.30. The van der Waals surface area contributed by atoms with E-state index >= 15 is 0 Å². The molecule has 0 saturated carbocycles. The predicted molar refractivity (Wildman–Crippen MR) is 59.9 cm³/mol. The van der Waals surface area contributed by atoms with Crippen LogP contribution in [0.2, 0.25) is 0 Å². The average molecular weight is 317 g/mol. The maximum Gasteiger partial charge on any atom is 0.104 e. The third kappa shape index (κ3) is 3.76. The molecule has 0 spiro atoms. The Balaban J connectivity index is 0.00000112. The molecule has 15 heavy (non-hydrogen) atoms. The number of hydrogen-bond acceptors (Lipinski definition) is 0. The summed E-state index contributed by atoms with van der Waals surface area (Å²) >= 11 is 0. The van der Waals surface area contributed by atoms with Crippen molar-refractivity contribution in [3.8, 4) is 0 Å². The lowest BCUT2D eigenvalue weighted by atomic mass is 10.1. The van der Waals surface area contributed by atoms with Gasteiger partial charge in [-0.15, -0.1) is 0 Å². The zero-order valence-corrected chi connectivity index (χ0v) is 11.6. The van der Waals surface area contributed by atoms with Crippen LogP contribution in [0.5, 0.6) is 0 Å². The lowest BCUT2D eigenvalue weighted by molar-refractivity contribution is -0.926. The Morgan fingerprint density at radius 1 is 1.00 bits per heavy atom. The van der Waals surface area contributed by atoms with Gasteiger partial charge in [-0.3, -0.25) is 0 Å². The normalized spacial score (nSPS) is 19.3. The highest BCUT2D eigenvalue weighted by atomic mass is 127. The Morgan fingerprint density at radius 2 is 1.60 bits per heavy atom. The van der Waals surface area contributed by atoms with Crippen LogP contribution in [0.25, 0.3) is 0 Å². The summed E-state index contributed by atoms with van der Waals surface area (Å²) in [5.74, 6) is 0. The predicted octanol–water partition coefficient (Wildman–Crippen LogP) is -0.179. The minimum atomic E-state index is 0. The van der Waals surface area contributed by atoms with Crippen molar-refractivity contribution in [1.82, 2.24) is 0 Å². The maximum atomic E-state index is 2.40. The zero-order valence-electron chi connectivity index (χ0n) is 9.45. The summed E-state index contributed by atoms with van der Waals surface area (Å²) in [6, 6.07) is 10.9. The van der Waals surface area contributed by atoms with E-state index in [4.69, 9.17) is 0 Å². The van der Waals surface area contributed by atoms with E-state index in [0.717, 1.165) is 0 Å². The molecule has 2 heteroatoms. The fourth-order valence-electron chi connectivity index (χ4n) is 2.46. The lowest BCUT2D eigenvalue weighted by Gasteiger charge is -2.37. The van der Waals surface area contributed by atoms with Crippen LogP contribution in [0, 0.1) is 0 Å². The van der Waals surface area contributed by atoms with Gasteiger partial charge in [0.2, 0.25) is 0 Å². The van der Waals surface area contributed by atoms with E-state index in [1.54, 1.807) is 0 Å². The maximum absolute atomic E-state index is 2.40. The number of benzene rings is 1. The number of piperidine rings is 1. The van der Waals surface area contributed by atoms with Crippen LogP contribution >= 0.6 is 0 Å². The molecular weight excluding hydrogens is 297 g/mol. The molecular formula is C13H20IN. The molecule has 1 nitrogen and oxygen atoms in total. The van der Waals surface area contributed by atoms with Crippen LogP contribution in [0.4, 0.5) is 0 Å². The lowest BCUT2D eigenvalue weighted by Crippen LogP contribution is -3.00. The summed E-state index contributed by atoms with van der Waals surface area (Å²) < 4.78 is 1.24. The Kier molecular flexibility index (Phi) is 5.06. The molecule has 0 N–H and O–H groups in total. The fraction of sp³-hybridized carbons (Fsp3) is 0.538. The molecule has 1 saturated heterocycles. The second-order valence-corrected chi connectivity index (χ2v) is 4.77. The van der Waals surface area contributed by atoms with Crippen molar-refractivity contribution in [2.24, 2.45) is 0 Å². The van der Waals surface area contributed by atoms with E-state index in [2.05, 4.69) is 37.4 Å². The molecule has 0 aliphatic carbocycles. The molecule has 0 bridgehead atoms. The van der Waals surface area contributed by atoms with Crippen LogP contribution < -0.4 is 24.0 Å². The highest BCUT2D eigenvalue weighted by Crippen LogP contribution is 2.19. The number of rotatable bonds is 2. The fourth-order valence-corrected chi connectivity index (χ4v) is 2.46. The average Bonchev–Trinajstić information content (AvgIpc) is 2.19. The summed E-state index contributed by atoms with van der Waals surface area (Å²) in [5, 5.41) is 0. The van der Waals surface area contributed by atoms with E-state index < -0.39 is 0 Å². The van der Waals surface area contributed by atoms with Crippen LogP contribution in [-0.4, -0.2) is 24.6 Å². The highest BCUT2D eigenvalue weighted by Gasteiger charge is 2.24. The molecule has 1 aliphatic heterocycles. The Labute approximate surface area is 110 Å². The topological polar surface area (TPSA) is 0 Å². The standard InChI is InChI=1S/C13H20N.HI/c1-14(10-6-3-7-11-14)12-13-8-4-2-5-9-13;/h2,4-5,8-9H,3,6-7,10-12H2,1H3;1H/q+1;/p-1. The van der Waals surface area contributed by atoms with Crippen molar-refractivity contribution in [2.45, 2.75) is 25.8 Å². The molecule has 1 aromatic rings. The minimum Gasteiger partial charge on any atom is -1.00 e. The number of halogens is 1. The minimum absolute atomic E-state index is 0. The van der Waals surface area contributed by atoms with E-state index in [1.807, 2.05) is 0 Å². The summed E-state index contributed by atoms with van der Waals surface area (Å²) in [6.45, 7) is 3.92. The molecule has 0 aromatic heterocycles. The molecule has 0 atom stereocenters. The van der Waals surface area contributed by atoms with Crippen molar-refractivity contribution < 1.29 is 28.5 Å². The largest absolute Gasteiger partial charge is 1.00 e. The molecule has 2 rings (SSSR count). The summed E-state index contributed by atoms with van der Waals surface area (Å²) in [6.07, 6.45) is 4.25. The molecule has 84 valence electrons. The first kappa shape index (κ1) is 13.0. The first-order valence-electron chi connectivity index (χ1n) is 5.66. The Morgan fingerprint density at radius 3 is 2.20 bits per heavy atom. The summed E-state index contributed by atoms with van der Waals surface area (Å²) in [4.78, 5) is 0. The van der Waals surface area contributed by atoms with Gasteiger partial charge in [0.05, 0.1) is 20.1 Å². The van der Waals surface area contributed by atoms with Gasteiger partial charge in [-0.05, 0) is 19.3 Å². The third-order valence-corrected chi connectivity index (χ3v) is 3.30. The van der Waals surface area contributed by atoms with Crippen molar-refractivity contribution in [3.05, 3.63) is 35.9 Å². The van der Waals surface area contributed by atoms with E-state index in [9.17, 15) is 0 Å². The van der Waals surface area contributed by atoms with E-state index in [1.165, 1.54) is 48.9 Å². The monoisotopic (exact) mass is 317 g/mol. The summed E-state index contributed by atoms with van der Waals surface area (Å²) in [5.41, 5.74) is 1.48. The van der Waals surface area contributed by atoms with Crippen molar-refractivity contribution in [2.75, 3.05) is 20.1 Å². The second kappa shape index (κ2) is 5.85. The van der Waals surface area contributed by atoms with Gasteiger partial charge in [0.15, 0.2) is 0 Å². The zero-order chi connectivity index (χ0) is 9.86. The van der Waals surface area contributed by atoms with Gasteiger partial charge in [-0.2, -0.15) is 0 Å². The molecule has 0 radical (unpaired) electrons. The number of hydrogen-bond donors (Lipinski definition) is 0.